The lowest BCUT2D eigenvalue weighted by molar-refractivity contribution is -0.116. The summed E-state index contributed by atoms with van der Waals surface area (Å²) in [6.07, 6.45) is 4.79. The maximum Gasteiger partial charge on any atom is 0.251 e. The molecule has 0 saturated heterocycles. The molecule has 28 heavy (non-hydrogen) atoms. The van der Waals surface area contributed by atoms with E-state index in [9.17, 15) is 9.59 Å². The van der Waals surface area contributed by atoms with E-state index in [2.05, 4.69) is 19.2 Å². The molecule has 1 aromatic carbocycles. The van der Waals surface area contributed by atoms with E-state index in [1.54, 1.807) is 0 Å². The molecule has 0 saturated carbocycles. The smallest absolute Gasteiger partial charge is 0.251 e. The van der Waals surface area contributed by atoms with Crippen molar-refractivity contribution < 1.29 is 14.3 Å². The number of thiophene rings is 1. The van der Waals surface area contributed by atoms with Gasteiger partial charge in [-0.3, -0.25) is 9.59 Å². The molecule has 0 spiro atoms. The fraction of sp³-hybridized carbons (Fsp3) is 0.455. The number of hydrogen-bond donors (Lipinski definition) is 2. The topological polar surface area (TPSA) is 81.4 Å². The number of ether oxygens (including phenoxy) is 1. The maximum absolute atomic E-state index is 12.3. The van der Waals surface area contributed by atoms with Crippen LogP contribution in [0.2, 0.25) is 0 Å². The number of hydrogen-bond acceptors (Lipinski definition) is 4. The highest BCUT2D eigenvalue weighted by Crippen LogP contribution is 2.39. The Labute approximate surface area is 170 Å². The van der Waals surface area contributed by atoms with Crippen molar-refractivity contribution in [2.24, 2.45) is 11.7 Å². The third kappa shape index (κ3) is 4.93. The zero-order valence-electron chi connectivity index (χ0n) is 16.5. The molecule has 2 amide bonds. The van der Waals surface area contributed by atoms with Crippen LogP contribution in [0.25, 0.3) is 0 Å². The predicted molar refractivity (Wildman–Crippen MR) is 113 cm³/mol. The minimum Gasteiger partial charge on any atom is -0.494 e. The minimum absolute atomic E-state index is 0.112. The minimum atomic E-state index is -0.457. The number of benzene rings is 1. The summed E-state index contributed by atoms with van der Waals surface area (Å²) in [5, 5.41) is 3.51. The van der Waals surface area contributed by atoms with Crippen LogP contribution in [0.5, 0.6) is 5.75 Å². The molecular weight excluding hydrogens is 372 g/mol. The molecule has 1 aliphatic carbocycles. The summed E-state index contributed by atoms with van der Waals surface area (Å²) in [5.74, 6) is 0.841. The summed E-state index contributed by atoms with van der Waals surface area (Å²) in [6.45, 7) is 4.80. The van der Waals surface area contributed by atoms with Crippen molar-refractivity contribution in [3.05, 3.63) is 45.8 Å². The second-order valence-electron chi connectivity index (χ2n) is 7.42. The van der Waals surface area contributed by atoms with Gasteiger partial charge in [-0.25, -0.2) is 0 Å². The summed E-state index contributed by atoms with van der Waals surface area (Å²) >= 11 is 1.50. The van der Waals surface area contributed by atoms with Crippen LogP contribution in [0.1, 0.15) is 59.5 Å². The number of primary amides is 1. The number of nitrogens with one attached hydrogen (secondary N) is 1. The van der Waals surface area contributed by atoms with Gasteiger partial charge in [-0.05, 0) is 61.3 Å². The number of carbonyl (C=O) groups excluding carboxylic acids is 2. The molecule has 3 rings (SSSR count). The molecule has 0 bridgehead atoms. The predicted octanol–water partition coefficient (Wildman–Crippen LogP) is 4.33. The zero-order chi connectivity index (χ0) is 20.1. The van der Waals surface area contributed by atoms with Gasteiger partial charge in [-0.1, -0.05) is 26.0 Å². The standard InChI is InChI=1S/C22H28N2O3S/c1-3-15-7-9-16(10-8-15)27-12-4-5-19(25)24-22-20(21(23)26)17-11-6-14(2)13-18(17)28-22/h7-10,14H,3-6,11-13H2,1-2H3,(H2,23,26)(H,24,25). The number of carbonyl (C=O) groups is 2. The molecule has 150 valence electrons. The molecule has 1 unspecified atom stereocenters. The first-order valence-electron chi connectivity index (χ1n) is 9.93. The van der Waals surface area contributed by atoms with Crippen LogP contribution in [0.3, 0.4) is 0 Å². The lowest BCUT2D eigenvalue weighted by Crippen LogP contribution is -2.19. The average molecular weight is 401 g/mol. The summed E-state index contributed by atoms with van der Waals surface area (Å²) < 4.78 is 5.69. The molecule has 0 radical (unpaired) electrons. The number of aryl methyl sites for hydroxylation is 1. The molecule has 0 aliphatic heterocycles. The molecule has 6 heteroatoms. The Morgan fingerprint density at radius 1 is 1.29 bits per heavy atom. The number of amides is 2. The van der Waals surface area contributed by atoms with E-state index in [0.29, 0.717) is 35.9 Å². The van der Waals surface area contributed by atoms with Crippen LogP contribution < -0.4 is 15.8 Å². The number of fused-ring (bicyclic) bond motifs is 1. The zero-order valence-corrected chi connectivity index (χ0v) is 17.4. The van der Waals surface area contributed by atoms with Crippen LogP contribution in [0, 0.1) is 5.92 Å². The van der Waals surface area contributed by atoms with E-state index in [4.69, 9.17) is 10.5 Å². The highest BCUT2D eigenvalue weighted by molar-refractivity contribution is 7.17. The highest BCUT2D eigenvalue weighted by Gasteiger charge is 2.27. The van der Waals surface area contributed by atoms with Crippen molar-refractivity contribution in [2.75, 3.05) is 11.9 Å². The average Bonchev–Trinajstić information content (AvgIpc) is 3.02. The van der Waals surface area contributed by atoms with Crippen LogP contribution in [-0.2, 0) is 24.1 Å². The molecule has 1 atom stereocenters. The normalized spacial score (nSPS) is 15.7. The molecule has 5 nitrogen and oxygen atoms in total. The second kappa shape index (κ2) is 9.24. The van der Waals surface area contributed by atoms with E-state index in [1.807, 2.05) is 24.3 Å². The highest BCUT2D eigenvalue weighted by atomic mass is 32.1. The summed E-state index contributed by atoms with van der Waals surface area (Å²) in [7, 11) is 0. The van der Waals surface area contributed by atoms with Gasteiger partial charge in [-0.2, -0.15) is 0 Å². The third-order valence-electron chi connectivity index (χ3n) is 5.16. The lowest BCUT2D eigenvalue weighted by atomic mass is 9.88. The van der Waals surface area contributed by atoms with Gasteiger partial charge in [0.05, 0.1) is 12.2 Å². The SMILES string of the molecule is CCc1ccc(OCCCC(=O)Nc2sc3c(c2C(N)=O)CCC(C)C3)cc1. The lowest BCUT2D eigenvalue weighted by Gasteiger charge is -2.18. The largest absolute Gasteiger partial charge is 0.494 e. The van der Waals surface area contributed by atoms with Crippen LogP contribution in [-0.4, -0.2) is 18.4 Å². The third-order valence-corrected chi connectivity index (χ3v) is 6.33. The Kier molecular flexibility index (Phi) is 6.73. The van der Waals surface area contributed by atoms with E-state index < -0.39 is 5.91 Å². The van der Waals surface area contributed by atoms with Crippen LogP contribution in [0.4, 0.5) is 5.00 Å². The fourth-order valence-corrected chi connectivity index (χ4v) is 4.97. The van der Waals surface area contributed by atoms with Gasteiger partial charge >= 0.3 is 0 Å². The number of anilines is 1. The molecule has 3 N–H and O–H groups in total. The van der Waals surface area contributed by atoms with Crippen LogP contribution >= 0.6 is 11.3 Å². The molecule has 2 aromatic rings. The van der Waals surface area contributed by atoms with Gasteiger partial charge in [0.15, 0.2) is 0 Å². The van der Waals surface area contributed by atoms with Gasteiger partial charge < -0.3 is 15.8 Å². The van der Waals surface area contributed by atoms with Gasteiger partial charge in [0, 0.05) is 11.3 Å². The number of rotatable bonds is 8. The fourth-order valence-electron chi connectivity index (χ4n) is 3.53. The summed E-state index contributed by atoms with van der Waals surface area (Å²) in [5.41, 5.74) is 8.40. The Hall–Kier alpha value is -2.34. The summed E-state index contributed by atoms with van der Waals surface area (Å²) in [4.78, 5) is 25.5. The Morgan fingerprint density at radius 2 is 2.04 bits per heavy atom. The van der Waals surface area contributed by atoms with Crippen LogP contribution in [0.15, 0.2) is 24.3 Å². The maximum atomic E-state index is 12.3. The molecular formula is C22H28N2O3S. The monoisotopic (exact) mass is 400 g/mol. The van der Waals surface area contributed by atoms with Crippen molar-refractivity contribution in [3.63, 3.8) is 0 Å². The quantitative estimate of drug-likeness (QED) is 0.647. The van der Waals surface area contributed by atoms with Gasteiger partial charge in [0.25, 0.3) is 5.91 Å². The van der Waals surface area contributed by atoms with Crippen molar-refractivity contribution in [1.29, 1.82) is 0 Å². The Morgan fingerprint density at radius 3 is 2.71 bits per heavy atom. The first-order chi connectivity index (χ1) is 13.5. The second-order valence-corrected chi connectivity index (χ2v) is 8.52. The van der Waals surface area contributed by atoms with E-state index >= 15 is 0 Å². The summed E-state index contributed by atoms with van der Waals surface area (Å²) in [6, 6.07) is 8.00. The van der Waals surface area contributed by atoms with E-state index in [0.717, 1.165) is 37.0 Å². The Bertz CT molecular complexity index is 842. The molecule has 0 fully saturated rings. The first-order valence-corrected chi connectivity index (χ1v) is 10.8. The van der Waals surface area contributed by atoms with Crippen molar-refractivity contribution >= 4 is 28.2 Å². The van der Waals surface area contributed by atoms with Gasteiger partial charge in [0.1, 0.15) is 10.8 Å². The van der Waals surface area contributed by atoms with E-state index in [-0.39, 0.29) is 5.91 Å². The molecule has 1 heterocycles. The van der Waals surface area contributed by atoms with Crippen molar-refractivity contribution in [3.8, 4) is 5.75 Å². The van der Waals surface area contributed by atoms with Crippen molar-refractivity contribution in [2.45, 2.75) is 52.4 Å². The van der Waals surface area contributed by atoms with Gasteiger partial charge in [0.2, 0.25) is 5.91 Å². The van der Waals surface area contributed by atoms with Crippen molar-refractivity contribution in [1.82, 2.24) is 0 Å². The number of nitrogens with two attached hydrogens (primary N) is 1. The first kappa shape index (κ1) is 20.4. The Balaban J connectivity index is 1.52. The molecule has 1 aromatic heterocycles. The van der Waals surface area contributed by atoms with E-state index in [1.165, 1.54) is 21.8 Å². The van der Waals surface area contributed by atoms with Gasteiger partial charge in [-0.15, -0.1) is 11.3 Å². The molecule has 1 aliphatic rings.